The van der Waals surface area contributed by atoms with Crippen molar-refractivity contribution in [3.05, 3.63) is 24.5 Å². The Morgan fingerprint density at radius 2 is 2.15 bits per heavy atom. The van der Waals surface area contributed by atoms with Crippen molar-refractivity contribution in [2.24, 2.45) is 5.92 Å². The van der Waals surface area contributed by atoms with E-state index >= 15 is 0 Å². The minimum atomic E-state index is -0.517. The summed E-state index contributed by atoms with van der Waals surface area (Å²) in [6, 6.07) is 2.89. The maximum atomic E-state index is 13.0. The highest BCUT2D eigenvalue weighted by molar-refractivity contribution is 5.88. The summed E-state index contributed by atoms with van der Waals surface area (Å²) >= 11 is 0. The highest BCUT2D eigenvalue weighted by atomic mass is 16.5. The lowest BCUT2D eigenvalue weighted by Crippen LogP contribution is -2.53. The third kappa shape index (κ3) is 5.09. The van der Waals surface area contributed by atoms with Crippen molar-refractivity contribution in [1.29, 1.82) is 0 Å². The van der Waals surface area contributed by atoms with E-state index < -0.39 is 6.04 Å². The lowest BCUT2D eigenvalue weighted by Gasteiger charge is -2.32. The molecule has 0 spiro atoms. The molecule has 0 radical (unpaired) electrons. The molecule has 1 aromatic rings. The first-order valence-electron chi connectivity index (χ1n) is 9.52. The van der Waals surface area contributed by atoms with Gasteiger partial charge in [0.2, 0.25) is 5.91 Å². The normalized spacial score (nSPS) is 22.8. The number of nitrogens with one attached hydrogen (secondary N) is 1. The number of pyridine rings is 1. The van der Waals surface area contributed by atoms with Crippen LogP contribution in [-0.2, 0) is 9.53 Å². The van der Waals surface area contributed by atoms with Gasteiger partial charge in [0.25, 0.3) is 0 Å². The Kier molecular flexibility index (Phi) is 6.49. The van der Waals surface area contributed by atoms with Crippen LogP contribution < -0.4 is 10.1 Å². The molecular weight excluding hydrogens is 348 g/mol. The summed E-state index contributed by atoms with van der Waals surface area (Å²) in [7, 11) is 0. The number of hydrogen-bond donors (Lipinski definition) is 1. The maximum absolute atomic E-state index is 13.0. The van der Waals surface area contributed by atoms with Crippen LogP contribution in [0, 0.1) is 5.92 Å². The van der Waals surface area contributed by atoms with E-state index in [1.807, 2.05) is 19.9 Å². The average Bonchev–Trinajstić information content (AvgIpc) is 3.10. The molecule has 2 atom stereocenters. The number of carbonyl (C=O) groups is 2. The zero-order valence-corrected chi connectivity index (χ0v) is 16.0. The van der Waals surface area contributed by atoms with Crippen LogP contribution >= 0.6 is 0 Å². The van der Waals surface area contributed by atoms with Crippen molar-refractivity contribution in [3.63, 3.8) is 0 Å². The fourth-order valence-electron chi connectivity index (χ4n) is 3.34. The number of ether oxygens (including phenoxy) is 2. The predicted octanol–water partition coefficient (Wildman–Crippen LogP) is 1.13. The summed E-state index contributed by atoms with van der Waals surface area (Å²) in [5.74, 6) is 0.951. The van der Waals surface area contributed by atoms with Gasteiger partial charge in [-0.3, -0.25) is 9.78 Å². The van der Waals surface area contributed by atoms with Crippen LogP contribution in [0.2, 0.25) is 0 Å². The number of rotatable bonds is 5. The van der Waals surface area contributed by atoms with E-state index in [1.54, 1.807) is 28.3 Å². The van der Waals surface area contributed by atoms with E-state index in [2.05, 4.69) is 10.3 Å². The molecule has 0 aliphatic carbocycles. The summed E-state index contributed by atoms with van der Waals surface area (Å²) in [5.41, 5.74) is 0. The van der Waals surface area contributed by atoms with Crippen LogP contribution in [0.1, 0.15) is 20.3 Å². The van der Waals surface area contributed by atoms with Gasteiger partial charge in [0, 0.05) is 32.3 Å². The van der Waals surface area contributed by atoms with Gasteiger partial charge in [-0.1, -0.05) is 13.8 Å². The predicted molar refractivity (Wildman–Crippen MR) is 99.4 cm³/mol. The van der Waals surface area contributed by atoms with E-state index in [4.69, 9.17) is 9.47 Å². The SMILES string of the molecule is CC(C)CNC(=O)N1C[C@@H](Oc2cccnc2)C[C@H]1C(=O)N1CCOCC1. The van der Waals surface area contributed by atoms with E-state index in [1.165, 1.54) is 0 Å². The molecule has 148 valence electrons. The molecule has 2 fully saturated rings. The highest BCUT2D eigenvalue weighted by Crippen LogP contribution is 2.24. The topological polar surface area (TPSA) is 84.0 Å². The number of aromatic nitrogens is 1. The Morgan fingerprint density at radius 1 is 1.37 bits per heavy atom. The number of nitrogens with zero attached hydrogens (tertiary/aromatic N) is 3. The molecule has 1 N–H and O–H groups in total. The third-order valence-corrected chi connectivity index (χ3v) is 4.73. The maximum Gasteiger partial charge on any atom is 0.318 e. The molecule has 1 aromatic heterocycles. The lowest BCUT2D eigenvalue weighted by atomic mass is 10.1. The van der Waals surface area contributed by atoms with Crippen molar-refractivity contribution in [2.45, 2.75) is 32.4 Å². The Morgan fingerprint density at radius 3 is 2.81 bits per heavy atom. The molecule has 0 bridgehead atoms. The minimum Gasteiger partial charge on any atom is -0.487 e. The van der Waals surface area contributed by atoms with Crippen molar-refractivity contribution >= 4 is 11.9 Å². The quantitative estimate of drug-likeness (QED) is 0.833. The fraction of sp³-hybridized carbons (Fsp3) is 0.632. The first-order valence-corrected chi connectivity index (χ1v) is 9.52. The van der Waals surface area contributed by atoms with Gasteiger partial charge >= 0.3 is 6.03 Å². The van der Waals surface area contributed by atoms with Crippen molar-refractivity contribution in [3.8, 4) is 5.75 Å². The summed E-state index contributed by atoms with van der Waals surface area (Å²) in [6.45, 7) is 7.21. The molecule has 3 heterocycles. The number of carbonyl (C=O) groups excluding carboxylic acids is 2. The Labute approximate surface area is 159 Å². The smallest absolute Gasteiger partial charge is 0.318 e. The standard InChI is InChI=1S/C19H28N4O4/c1-14(2)11-21-19(25)23-13-16(27-15-4-3-5-20-12-15)10-17(23)18(24)22-6-8-26-9-7-22/h3-5,12,14,16-17H,6-11,13H2,1-2H3,(H,21,25)/t16-,17-/m0/s1. The molecule has 2 saturated heterocycles. The molecule has 27 heavy (non-hydrogen) atoms. The molecule has 2 aliphatic rings. The fourth-order valence-corrected chi connectivity index (χ4v) is 3.34. The van der Waals surface area contributed by atoms with E-state index in [0.717, 1.165) is 0 Å². The molecule has 3 rings (SSSR count). The van der Waals surface area contributed by atoms with Gasteiger partial charge < -0.3 is 24.6 Å². The average molecular weight is 376 g/mol. The van der Waals surface area contributed by atoms with Gasteiger partial charge in [-0.2, -0.15) is 0 Å². The van der Waals surface area contributed by atoms with Gasteiger partial charge in [0.1, 0.15) is 17.9 Å². The zero-order valence-electron chi connectivity index (χ0n) is 16.0. The zero-order chi connectivity index (χ0) is 19.2. The van der Waals surface area contributed by atoms with Crippen molar-refractivity contribution < 1.29 is 19.1 Å². The summed E-state index contributed by atoms with van der Waals surface area (Å²) in [6.07, 6.45) is 3.55. The molecule has 2 aliphatic heterocycles. The highest BCUT2D eigenvalue weighted by Gasteiger charge is 2.42. The van der Waals surface area contributed by atoms with Gasteiger partial charge in [-0.15, -0.1) is 0 Å². The van der Waals surface area contributed by atoms with Crippen LogP contribution in [0.25, 0.3) is 0 Å². The first kappa shape index (κ1) is 19.4. The largest absolute Gasteiger partial charge is 0.487 e. The van der Waals surface area contributed by atoms with Crippen LogP contribution in [0.3, 0.4) is 0 Å². The minimum absolute atomic E-state index is 0.0321. The number of amides is 3. The number of likely N-dealkylation sites (tertiary alicyclic amines) is 1. The number of morpholine rings is 1. The van der Waals surface area contributed by atoms with Gasteiger partial charge in [0.05, 0.1) is 26.0 Å². The third-order valence-electron chi connectivity index (χ3n) is 4.73. The van der Waals surface area contributed by atoms with Crippen molar-refractivity contribution in [1.82, 2.24) is 20.1 Å². The summed E-state index contributed by atoms with van der Waals surface area (Å²) in [5, 5.41) is 2.92. The van der Waals surface area contributed by atoms with Crippen LogP contribution in [0.4, 0.5) is 4.79 Å². The lowest BCUT2D eigenvalue weighted by molar-refractivity contribution is -0.139. The van der Waals surface area contributed by atoms with Crippen LogP contribution in [0.15, 0.2) is 24.5 Å². The van der Waals surface area contributed by atoms with E-state index in [0.29, 0.717) is 57.5 Å². The second-order valence-corrected chi connectivity index (χ2v) is 7.35. The van der Waals surface area contributed by atoms with E-state index in [-0.39, 0.29) is 18.0 Å². The van der Waals surface area contributed by atoms with Gasteiger partial charge in [0.15, 0.2) is 0 Å². The summed E-state index contributed by atoms with van der Waals surface area (Å²) in [4.78, 5) is 33.2. The first-order chi connectivity index (χ1) is 13.0. The molecule has 8 nitrogen and oxygen atoms in total. The number of hydrogen-bond acceptors (Lipinski definition) is 5. The van der Waals surface area contributed by atoms with Crippen LogP contribution in [0.5, 0.6) is 5.75 Å². The Balaban J connectivity index is 1.70. The van der Waals surface area contributed by atoms with Crippen LogP contribution in [-0.4, -0.2) is 78.3 Å². The second kappa shape index (κ2) is 9.03. The molecule has 8 heteroatoms. The molecule has 0 unspecified atom stereocenters. The Hall–Kier alpha value is -2.35. The van der Waals surface area contributed by atoms with Gasteiger partial charge in [-0.05, 0) is 18.1 Å². The van der Waals surface area contributed by atoms with Gasteiger partial charge in [-0.25, -0.2) is 4.79 Å². The molecule has 3 amide bonds. The molecule has 0 saturated carbocycles. The second-order valence-electron chi connectivity index (χ2n) is 7.35. The van der Waals surface area contributed by atoms with Crippen molar-refractivity contribution in [2.75, 3.05) is 39.4 Å². The molecular formula is C19H28N4O4. The molecule has 0 aromatic carbocycles. The monoisotopic (exact) mass is 376 g/mol. The summed E-state index contributed by atoms with van der Waals surface area (Å²) < 4.78 is 11.3. The number of urea groups is 1. The Bertz CT molecular complexity index is 634. The van der Waals surface area contributed by atoms with E-state index in [9.17, 15) is 9.59 Å².